The van der Waals surface area contributed by atoms with Crippen LogP contribution in [0.15, 0.2) is 83.0 Å². The Morgan fingerprint density at radius 3 is 2.34 bits per heavy atom. The van der Waals surface area contributed by atoms with Gasteiger partial charge in [-0.2, -0.15) is 0 Å². The monoisotopic (exact) mass is 528 g/mol. The van der Waals surface area contributed by atoms with Crippen molar-refractivity contribution in [2.75, 3.05) is 23.5 Å². The van der Waals surface area contributed by atoms with Crippen molar-refractivity contribution < 1.29 is 14.3 Å². The molecule has 0 aliphatic carbocycles. The Labute approximate surface area is 227 Å². The second kappa shape index (κ2) is 12.0. The first-order valence-corrected chi connectivity index (χ1v) is 13.3. The third-order valence-electron chi connectivity index (χ3n) is 6.37. The number of amides is 2. The molecular weight excluding hydrogens is 496 g/mol. The van der Waals surface area contributed by atoms with E-state index in [4.69, 9.17) is 9.73 Å². The zero-order chi connectivity index (χ0) is 27.2. The SMILES string of the molecule is COc1cc([C@@H]2N=C(SCC(=O)Nc3ccc(C)c(C)c3)NC(C)=C2C(=O)Nc2ccccc2)ccc1C. The van der Waals surface area contributed by atoms with Gasteiger partial charge < -0.3 is 20.7 Å². The van der Waals surface area contributed by atoms with E-state index in [2.05, 4.69) is 16.0 Å². The number of nitrogens with zero attached hydrogens (tertiary/aromatic N) is 1. The van der Waals surface area contributed by atoms with Crippen LogP contribution in [0.25, 0.3) is 0 Å². The molecule has 7 nitrogen and oxygen atoms in total. The van der Waals surface area contributed by atoms with Gasteiger partial charge in [-0.25, -0.2) is 4.99 Å². The van der Waals surface area contributed by atoms with Crippen LogP contribution in [-0.4, -0.2) is 29.8 Å². The Bertz CT molecular complexity index is 1420. The Morgan fingerprint density at radius 1 is 0.895 bits per heavy atom. The molecule has 4 rings (SSSR count). The van der Waals surface area contributed by atoms with Crippen LogP contribution in [0, 0.1) is 20.8 Å². The smallest absolute Gasteiger partial charge is 0.255 e. The maximum Gasteiger partial charge on any atom is 0.255 e. The molecule has 1 atom stereocenters. The van der Waals surface area contributed by atoms with E-state index in [0.29, 0.717) is 22.1 Å². The van der Waals surface area contributed by atoms with Gasteiger partial charge >= 0.3 is 0 Å². The number of methoxy groups -OCH3 is 1. The van der Waals surface area contributed by atoms with Crippen molar-refractivity contribution in [2.45, 2.75) is 33.7 Å². The van der Waals surface area contributed by atoms with Gasteiger partial charge in [0.05, 0.1) is 18.4 Å². The van der Waals surface area contributed by atoms with Gasteiger partial charge in [0.2, 0.25) is 5.91 Å². The molecular formula is C30H32N4O3S. The lowest BCUT2D eigenvalue weighted by atomic mass is 9.94. The van der Waals surface area contributed by atoms with Crippen LogP contribution in [0.2, 0.25) is 0 Å². The number of anilines is 2. The predicted octanol–water partition coefficient (Wildman–Crippen LogP) is 5.91. The number of amidine groups is 1. The van der Waals surface area contributed by atoms with Crippen molar-refractivity contribution in [2.24, 2.45) is 4.99 Å². The Balaban J connectivity index is 1.56. The van der Waals surface area contributed by atoms with Crippen molar-refractivity contribution >= 4 is 40.1 Å². The normalized spacial score (nSPS) is 14.9. The summed E-state index contributed by atoms with van der Waals surface area (Å²) >= 11 is 1.29. The first-order valence-electron chi connectivity index (χ1n) is 12.3. The Morgan fingerprint density at radius 2 is 1.63 bits per heavy atom. The third-order valence-corrected chi connectivity index (χ3v) is 7.26. The number of aryl methyl sites for hydroxylation is 3. The number of benzene rings is 3. The minimum Gasteiger partial charge on any atom is -0.496 e. The van der Waals surface area contributed by atoms with Gasteiger partial charge in [-0.3, -0.25) is 9.59 Å². The summed E-state index contributed by atoms with van der Waals surface area (Å²) in [5.74, 6) is 0.511. The van der Waals surface area contributed by atoms with Crippen molar-refractivity contribution in [1.29, 1.82) is 0 Å². The molecule has 0 saturated heterocycles. The van der Waals surface area contributed by atoms with Crippen molar-refractivity contribution in [3.05, 3.63) is 100 Å². The number of hydrogen-bond donors (Lipinski definition) is 3. The predicted molar refractivity (Wildman–Crippen MR) is 156 cm³/mol. The molecule has 38 heavy (non-hydrogen) atoms. The second-order valence-corrected chi connectivity index (χ2v) is 10.1. The summed E-state index contributed by atoms with van der Waals surface area (Å²) in [5.41, 5.74) is 6.74. The van der Waals surface area contributed by atoms with Crippen LogP contribution < -0.4 is 20.7 Å². The maximum absolute atomic E-state index is 13.4. The maximum atomic E-state index is 13.4. The quantitative estimate of drug-likeness (QED) is 0.355. The van der Waals surface area contributed by atoms with E-state index < -0.39 is 6.04 Å². The fraction of sp³-hybridized carbons (Fsp3) is 0.233. The van der Waals surface area contributed by atoms with Crippen molar-refractivity contribution in [3.63, 3.8) is 0 Å². The van der Waals surface area contributed by atoms with Crippen molar-refractivity contribution in [3.8, 4) is 5.75 Å². The third kappa shape index (κ3) is 6.44. The second-order valence-electron chi connectivity index (χ2n) is 9.19. The molecule has 3 N–H and O–H groups in total. The molecule has 196 valence electrons. The van der Waals surface area contributed by atoms with Crippen LogP contribution in [0.3, 0.4) is 0 Å². The van der Waals surface area contributed by atoms with Gasteiger partial charge in [0, 0.05) is 17.1 Å². The van der Waals surface area contributed by atoms with Gasteiger partial charge in [0.25, 0.3) is 5.91 Å². The van der Waals surface area contributed by atoms with E-state index in [0.717, 1.165) is 28.1 Å². The van der Waals surface area contributed by atoms with E-state index in [1.54, 1.807) is 7.11 Å². The standard InChI is InChI=1S/C30H32N4O3S/c1-18-12-14-24(15-20(18)3)32-26(35)17-38-30-31-21(4)27(29(36)33-23-9-7-6-8-10-23)28(34-30)22-13-11-19(2)25(16-22)37-5/h6-16,28H,17H2,1-5H3,(H,31,34)(H,32,35)(H,33,36)/t28-/m0/s1. The molecule has 1 aliphatic heterocycles. The van der Waals surface area contributed by atoms with Crippen LogP contribution in [0.4, 0.5) is 11.4 Å². The summed E-state index contributed by atoms with van der Waals surface area (Å²) in [6.07, 6.45) is 0. The van der Waals surface area contributed by atoms with Crippen molar-refractivity contribution in [1.82, 2.24) is 5.32 Å². The highest BCUT2D eigenvalue weighted by molar-refractivity contribution is 8.14. The number of nitrogens with one attached hydrogen (secondary N) is 3. The molecule has 0 spiro atoms. The molecule has 1 aliphatic rings. The first-order chi connectivity index (χ1) is 18.2. The highest BCUT2D eigenvalue weighted by atomic mass is 32.2. The zero-order valence-corrected chi connectivity index (χ0v) is 23.0. The molecule has 0 radical (unpaired) electrons. The summed E-state index contributed by atoms with van der Waals surface area (Å²) in [5, 5.41) is 9.72. The fourth-order valence-electron chi connectivity index (χ4n) is 4.13. The fourth-order valence-corrected chi connectivity index (χ4v) is 4.88. The summed E-state index contributed by atoms with van der Waals surface area (Å²) < 4.78 is 5.53. The zero-order valence-electron chi connectivity index (χ0n) is 22.2. The molecule has 0 unspecified atom stereocenters. The van der Waals surface area contributed by atoms with Gasteiger partial charge in [0.15, 0.2) is 5.17 Å². The summed E-state index contributed by atoms with van der Waals surface area (Å²) in [4.78, 5) is 31.0. The minimum atomic E-state index is -0.570. The molecule has 3 aromatic carbocycles. The van der Waals surface area contributed by atoms with Crippen LogP contribution in [0.5, 0.6) is 5.75 Å². The average molecular weight is 529 g/mol. The molecule has 2 amide bonds. The highest BCUT2D eigenvalue weighted by Crippen LogP contribution is 2.35. The highest BCUT2D eigenvalue weighted by Gasteiger charge is 2.30. The minimum absolute atomic E-state index is 0.134. The number of rotatable bonds is 7. The molecule has 3 aromatic rings. The van der Waals surface area contributed by atoms with Gasteiger partial charge in [-0.1, -0.05) is 48.2 Å². The van der Waals surface area contributed by atoms with Crippen LogP contribution in [-0.2, 0) is 9.59 Å². The Hall–Kier alpha value is -4.04. The van der Waals surface area contributed by atoms with E-state index in [1.807, 2.05) is 94.4 Å². The number of carbonyl (C=O) groups excluding carboxylic acids is 2. The largest absolute Gasteiger partial charge is 0.496 e. The van der Waals surface area contributed by atoms with E-state index in [1.165, 1.54) is 17.3 Å². The van der Waals surface area contributed by atoms with Crippen LogP contribution in [0.1, 0.15) is 35.2 Å². The molecule has 0 bridgehead atoms. The van der Waals surface area contributed by atoms with Crippen LogP contribution >= 0.6 is 11.8 Å². The first kappa shape index (κ1) is 27.0. The molecule has 0 saturated carbocycles. The number of allylic oxidation sites excluding steroid dienone is 1. The Kier molecular flexibility index (Phi) is 8.53. The molecule has 1 heterocycles. The number of carbonyl (C=O) groups is 2. The average Bonchev–Trinajstić information content (AvgIpc) is 2.90. The lowest BCUT2D eigenvalue weighted by Crippen LogP contribution is -2.32. The number of hydrogen-bond acceptors (Lipinski definition) is 6. The van der Waals surface area contributed by atoms with Gasteiger partial charge in [-0.05, 0) is 80.3 Å². The van der Waals surface area contributed by atoms with Gasteiger partial charge in [-0.15, -0.1) is 0 Å². The summed E-state index contributed by atoms with van der Waals surface area (Å²) in [6, 6.07) is 20.4. The van der Waals surface area contributed by atoms with E-state index >= 15 is 0 Å². The topological polar surface area (TPSA) is 91.8 Å². The number of thioether (sulfide) groups is 1. The van der Waals surface area contributed by atoms with E-state index in [9.17, 15) is 9.59 Å². The lowest BCUT2D eigenvalue weighted by molar-refractivity contribution is -0.114. The lowest BCUT2D eigenvalue weighted by Gasteiger charge is -2.27. The molecule has 0 aromatic heterocycles. The number of para-hydroxylation sites is 1. The molecule has 0 fully saturated rings. The summed E-state index contributed by atoms with van der Waals surface area (Å²) in [7, 11) is 1.62. The number of ether oxygens (including phenoxy) is 1. The van der Waals surface area contributed by atoms with Gasteiger partial charge in [0.1, 0.15) is 11.8 Å². The molecule has 8 heteroatoms. The summed E-state index contributed by atoms with van der Waals surface area (Å²) in [6.45, 7) is 7.87. The van der Waals surface area contributed by atoms with E-state index in [-0.39, 0.29) is 17.6 Å². The number of aliphatic imine (C=N–C) groups is 1.